The lowest BCUT2D eigenvalue weighted by molar-refractivity contribution is 0.102. The molecular weight excluding hydrogens is 382 g/mol. The number of carbonyl (C=O) groups excluding carboxylic acids is 1. The molecule has 0 spiro atoms. The molecule has 0 fully saturated rings. The van der Waals surface area contributed by atoms with Gasteiger partial charge in [0, 0.05) is 38.0 Å². The third-order valence-corrected chi connectivity index (χ3v) is 5.17. The third kappa shape index (κ3) is 3.12. The van der Waals surface area contributed by atoms with Gasteiger partial charge in [0.05, 0.1) is 0 Å². The Kier molecular flexibility index (Phi) is 4.62. The Balaban J connectivity index is 1.76. The van der Waals surface area contributed by atoms with Crippen molar-refractivity contribution in [1.29, 1.82) is 0 Å². The predicted molar refractivity (Wildman–Crippen MR) is 116 cm³/mol. The molecule has 1 N–H and O–H groups in total. The van der Waals surface area contributed by atoms with Crippen molar-refractivity contribution in [3.8, 4) is 11.4 Å². The molecule has 0 aliphatic carbocycles. The fourth-order valence-electron chi connectivity index (χ4n) is 3.42. The Hall–Kier alpha value is -3.94. The van der Waals surface area contributed by atoms with Gasteiger partial charge in [0.2, 0.25) is 0 Å². The van der Waals surface area contributed by atoms with Gasteiger partial charge in [-0.25, -0.2) is 9.78 Å². The average Bonchev–Trinajstić information content (AvgIpc) is 3.08. The maximum Gasteiger partial charge on any atom is 0.332 e. The smallest absolute Gasteiger partial charge is 0.322 e. The van der Waals surface area contributed by atoms with E-state index in [9.17, 15) is 14.4 Å². The van der Waals surface area contributed by atoms with E-state index < -0.39 is 11.2 Å². The predicted octanol–water partition coefficient (Wildman–Crippen LogP) is 2.20. The zero-order chi connectivity index (χ0) is 21.6. The number of rotatable bonds is 3. The number of fused-ring (bicyclic) bond motifs is 1. The Morgan fingerprint density at radius 3 is 2.33 bits per heavy atom. The van der Waals surface area contributed by atoms with Crippen LogP contribution in [0.2, 0.25) is 0 Å². The summed E-state index contributed by atoms with van der Waals surface area (Å²) < 4.78 is 4.08. The summed E-state index contributed by atoms with van der Waals surface area (Å²) in [7, 11) is 4.76. The highest BCUT2D eigenvalue weighted by Crippen LogP contribution is 2.24. The van der Waals surface area contributed by atoms with Crippen molar-refractivity contribution in [2.24, 2.45) is 21.1 Å². The summed E-state index contributed by atoms with van der Waals surface area (Å²) in [5, 5.41) is 2.89. The van der Waals surface area contributed by atoms with Crippen LogP contribution in [0.4, 0.5) is 5.69 Å². The lowest BCUT2D eigenvalue weighted by atomic mass is 10.1. The number of nitrogens with one attached hydrogen (secondary N) is 1. The molecule has 8 nitrogen and oxygen atoms in total. The maximum absolute atomic E-state index is 12.6. The molecule has 152 valence electrons. The lowest BCUT2D eigenvalue weighted by Crippen LogP contribution is -2.37. The summed E-state index contributed by atoms with van der Waals surface area (Å²) >= 11 is 0. The zero-order valence-electron chi connectivity index (χ0n) is 17.1. The van der Waals surface area contributed by atoms with E-state index in [1.54, 1.807) is 49.0 Å². The minimum atomic E-state index is -0.434. The van der Waals surface area contributed by atoms with Crippen LogP contribution in [0.25, 0.3) is 22.6 Å². The van der Waals surface area contributed by atoms with Crippen molar-refractivity contribution in [3.05, 3.63) is 80.5 Å². The lowest BCUT2D eigenvalue weighted by Gasteiger charge is -2.08. The normalized spacial score (nSPS) is 11.1. The number of carbonyl (C=O) groups is 1. The van der Waals surface area contributed by atoms with E-state index >= 15 is 0 Å². The van der Waals surface area contributed by atoms with E-state index in [-0.39, 0.29) is 5.91 Å². The highest BCUT2D eigenvalue weighted by atomic mass is 16.2. The highest BCUT2D eigenvalue weighted by molar-refractivity contribution is 6.04. The van der Waals surface area contributed by atoms with Crippen molar-refractivity contribution in [1.82, 2.24) is 18.7 Å². The fraction of sp³-hybridized carbons (Fsp3) is 0.182. The second-order valence-electron chi connectivity index (χ2n) is 7.27. The van der Waals surface area contributed by atoms with Gasteiger partial charge in [-0.2, -0.15) is 0 Å². The van der Waals surface area contributed by atoms with Crippen LogP contribution in [0.3, 0.4) is 0 Å². The van der Waals surface area contributed by atoms with Gasteiger partial charge in [-0.05, 0) is 31.2 Å². The number of benzene rings is 2. The van der Waals surface area contributed by atoms with Gasteiger partial charge in [-0.3, -0.25) is 18.7 Å². The van der Waals surface area contributed by atoms with Gasteiger partial charge in [-0.1, -0.05) is 29.8 Å². The van der Waals surface area contributed by atoms with Crippen LogP contribution >= 0.6 is 0 Å². The number of imidazole rings is 1. The number of anilines is 1. The van der Waals surface area contributed by atoms with Crippen molar-refractivity contribution >= 4 is 22.8 Å². The fourth-order valence-corrected chi connectivity index (χ4v) is 3.42. The van der Waals surface area contributed by atoms with Crippen LogP contribution in [-0.4, -0.2) is 24.6 Å². The molecule has 30 heavy (non-hydrogen) atoms. The first kappa shape index (κ1) is 19.4. The molecule has 2 heterocycles. The number of amides is 1. The van der Waals surface area contributed by atoms with Crippen LogP contribution in [0.15, 0.2) is 58.1 Å². The summed E-state index contributed by atoms with van der Waals surface area (Å²) in [6.07, 6.45) is 0. The Morgan fingerprint density at radius 2 is 1.63 bits per heavy atom. The van der Waals surface area contributed by atoms with Crippen LogP contribution in [0, 0.1) is 6.92 Å². The van der Waals surface area contributed by atoms with Gasteiger partial charge < -0.3 is 9.88 Å². The summed E-state index contributed by atoms with van der Waals surface area (Å²) in [6, 6.07) is 14.5. The van der Waals surface area contributed by atoms with Gasteiger partial charge in [0.1, 0.15) is 5.82 Å². The number of hydrogen-bond acceptors (Lipinski definition) is 4. The molecule has 8 heteroatoms. The standard InChI is InChI=1S/C22H21N5O3/c1-13-8-10-14(11-9-13)20(28)23-16-7-5-6-15(12-16)18-24-19-17(25(18)2)21(29)27(4)22(30)26(19)3/h5-12H,1-4H3,(H,23,28). The van der Waals surface area contributed by atoms with Gasteiger partial charge in [-0.15, -0.1) is 0 Å². The number of hydrogen-bond donors (Lipinski definition) is 1. The topological polar surface area (TPSA) is 90.9 Å². The molecule has 1 amide bonds. The van der Waals surface area contributed by atoms with Crippen molar-refractivity contribution in [2.75, 3.05) is 5.32 Å². The Morgan fingerprint density at radius 1 is 0.933 bits per heavy atom. The van der Waals surface area contributed by atoms with Crippen LogP contribution in [0.1, 0.15) is 15.9 Å². The first-order valence-electron chi connectivity index (χ1n) is 9.39. The first-order chi connectivity index (χ1) is 14.3. The zero-order valence-corrected chi connectivity index (χ0v) is 17.1. The molecule has 0 bridgehead atoms. The summed E-state index contributed by atoms with van der Waals surface area (Å²) in [4.78, 5) is 41.9. The van der Waals surface area contributed by atoms with E-state index in [2.05, 4.69) is 10.3 Å². The first-order valence-corrected chi connectivity index (χ1v) is 9.39. The second kappa shape index (κ2) is 7.14. The molecular formula is C22H21N5O3. The molecule has 4 aromatic rings. The van der Waals surface area contributed by atoms with Crippen molar-refractivity contribution in [3.63, 3.8) is 0 Å². The minimum absolute atomic E-state index is 0.214. The second-order valence-corrected chi connectivity index (χ2v) is 7.27. The summed E-state index contributed by atoms with van der Waals surface area (Å²) in [5.41, 5.74) is 2.77. The maximum atomic E-state index is 12.6. The van der Waals surface area contributed by atoms with E-state index in [0.29, 0.717) is 33.8 Å². The monoisotopic (exact) mass is 403 g/mol. The molecule has 0 radical (unpaired) electrons. The molecule has 2 aromatic heterocycles. The van der Waals surface area contributed by atoms with E-state index in [0.717, 1.165) is 10.1 Å². The van der Waals surface area contributed by atoms with Gasteiger partial charge in [0.25, 0.3) is 11.5 Å². The molecule has 0 atom stereocenters. The van der Waals surface area contributed by atoms with Gasteiger partial charge >= 0.3 is 5.69 Å². The third-order valence-electron chi connectivity index (χ3n) is 5.17. The summed E-state index contributed by atoms with van der Waals surface area (Å²) in [5.74, 6) is 0.308. The molecule has 0 unspecified atom stereocenters. The largest absolute Gasteiger partial charge is 0.332 e. The minimum Gasteiger partial charge on any atom is -0.322 e. The molecule has 2 aromatic carbocycles. The van der Waals surface area contributed by atoms with E-state index in [4.69, 9.17) is 0 Å². The molecule has 0 aliphatic rings. The SMILES string of the molecule is Cc1ccc(C(=O)Nc2cccc(-c3nc4c(c(=O)n(C)c(=O)n4C)n3C)c2)cc1. The summed E-state index contributed by atoms with van der Waals surface area (Å²) in [6.45, 7) is 1.96. The van der Waals surface area contributed by atoms with Crippen molar-refractivity contribution in [2.45, 2.75) is 6.92 Å². The molecule has 0 saturated carbocycles. The molecule has 4 rings (SSSR count). The average molecular weight is 403 g/mol. The van der Waals surface area contributed by atoms with Crippen LogP contribution in [-0.2, 0) is 21.1 Å². The quantitative estimate of drug-likeness (QED) is 0.568. The number of aryl methyl sites for hydroxylation is 3. The van der Waals surface area contributed by atoms with Crippen molar-refractivity contribution < 1.29 is 4.79 Å². The van der Waals surface area contributed by atoms with E-state index in [1.165, 1.54) is 11.6 Å². The van der Waals surface area contributed by atoms with E-state index in [1.807, 2.05) is 25.1 Å². The van der Waals surface area contributed by atoms with Crippen LogP contribution < -0.4 is 16.6 Å². The molecule has 0 aliphatic heterocycles. The number of aromatic nitrogens is 4. The van der Waals surface area contributed by atoms with Gasteiger partial charge in [0.15, 0.2) is 11.2 Å². The number of nitrogens with zero attached hydrogens (tertiary/aromatic N) is 4. The molecule has 0 saturated heterocycles. The Labute approximate surface area is 172 Å². The van der Waals surface area contributed by atoms with Crippen LogP contribution in [0.5, 0.6) is 0 Å². The highest BCUT2D eigenvalue weighted by Gasteiger charge is 2.18. The Bertz CT molecular complexity index is 1410.